The van der Waals surface area contributed by atoms with Crippen LogP contribution in [0, 0.1) is 11.3 Å². The SMILES string of the molecule is COC(=O)c1ccccc1CN(Cc1cncn1C)c1ccc(C#N)c(-c2cccc3ccccc23)c1. The highest BCUT2D eigenvalue weighted by molar-refractivity contribution is 5.98. The van der Waals surface area contributed by atoms with Gasteiger partial charge in [-0.05, 0) is 46.2 Å². The van der Waals surface area contributed by atoms with Gasteiger partial charge in [0.2, 0.25) is 0 Å². The molecule has 0 saturated carbocycles. The Kier molecular flexibility index (Phi) is 6.69. The van der Waals surface area contributed by atoms with E-state index in [1.54, 1.807) is 12.4 Å². The van der Waals surface area contributed by atoms with Gasteiger partial charge in [0.05, 0.1) is 42.9 Å². The third-order valence-electron chi connectivity index (χ3n) is 6.62. The lowest BCUT2D eigenvalue weighted by molar-refractivity contribution is 0.0599. The molecule has 4 aromatic carbocycles. The van der Waals surface area contributed by atoms with Crippen LogP contribution in [-0.2, 0) is 24.9 Å². The summed E-state index contributed by atoms with van der Waals surface area (Å²) in [5.74, 6) is -0.368. The summed E-state index contributed by atoms with van der Waals surface area (Å²) in [6.07, 6.45) is 3.62. The summed E-state index contributed by atoms with van der Waals surface area (Å²) < 4.78 is 7.01. The molecule has 0 amide bonds. The van der Waals surface area contributed by atoms with Crippen molar-refractivity contribution in [3.05, 3.63) is 120 Å². The van der Waals surface area contributed by atoms with E-state index in [0.29, 0.717) is 24.2 Å². The first-order valence-corrected chi connectivity index (χ1v) is 12.0. The number of carbonyl (C=O) groups is 1. The third-order valence-corrected chi connectivity index (χ3v) is 6.62. The van der Waals surface area contributed by atoms with Crippen LogP contribution in [0.3, 0.4) is 0 Å². The number of fused-ring (bicyclic) bond motifs is 1. The first-order valence-electron chi connectivity index (χ1n) is 12.0. The van der Waals surface area contributed by atoms with Crippen LogP contribution in [0.1, 0.15) is 27.2 Å². The zero-order chi connectivity index (χ0) is 25.8. The van der Waals surface area contributed by atoms with E-state index < -0.39 is 0 Å². The van der Waals surface area contributed by atoms with Crippen molar-refractivity contribution in [1.29, 1.82) is 5.26 Å². The molecule has 37 heavy (non-hydrogen) atoms. The quantitative estimate of drug-likeness (QED) is 0.260. The second-order valence-corrected chi connectivity index (χ2v) is 8.87. The van der Waals surface area contributed by atoms with Crippen LogP contribution in [0.25, 0.3) is 21.9 Å². The van der Waals surface area contributed by atoms with Gasteiger partial charge in [-0.3, -0.25) is 0 Å². The fourth-order valence-electron chi connectivity index (χ4n) is 4.65. The maximum absolute atomic E-state index is 12.5. The molecule has 0 atom stereocenters. The van der Waals surface area contributed by atoms with Gasteiger partial charge < -0.3 is 14.2 Å². The molecule has 6 nitrogen and oxygen atoms in total. The van der Waals surface area contributed by atoms with E-state index >= 15 is 0 Å². The van der Waals surface area contributed by atoms with Gasteiger partial charge in [-0.1, -0.05) is 60.7 Å². The largest absolute Gasteiger partial charge is 0.465 e. The van der Waals surface area contributed by atoms with Crippen LogP contribution in [0.4, 0.5) is 5.69 Å². The normalized spacial score (nSPS) is 10.7. The molecule has 0 aliphatic carbocycles. The van der Waals surface area contributed by atoms with Crippen LogP contribution >= 0.6 is 0 Å². The number of hydrogen-bond acceptors (Lipinski definition) is 5. The highest BCUT2D eigenvalue weighted by atomic mass is 16.5. The molecule has 0 radical (unpaired) electrons. The summed E-state index contributed by atoms with van der Waals surface area (Å²) in [5, 5.41) is 12.2. The maximum atomic E-state index is 12.5. The molecule has 5 aromatic rings. The second kappa shape index (κ2) is 10.4. The van der Waals surface area contributed by atoms with Gasteiger partial charge in [-0.25, -0.2) is 9.78 Å². The van der Waals surface area contributed by atoms with E-state index in [9.17, 15) is 10.1 Å². The lowest BCUT2D eigenvalue weighted by Crippen LogP contribution is -2.24. The molecule has 1 aromatic heterocycles. The summed E-state index contributed by atoms with van der Waals surface area (Å²) in [6, 6.07) is 30.1. The molecule has 5 rings (SSSR count). The molecular weight excluding hydrogens is 460 g/mol. The van der Waals surface area contributed by atoms with Crippen LogP contribution < -0.4 is 4.90 Å². The molecule has 0 fully saturated rings. The second-order valence-electron chi connectivity index (χ2n) is 8.87. The van der Waals surface area contributed by atoms with E-state index in [1.807, 2.05) is 66.3 Å². The number of aromatic nitrogens is 2. The highest BCUT2D eigenvalue weighted by Crippen LogP contribution is 2.34. The summed E-state index contributed by atoms with van der Waals surface area (Å²) in [6.45, 7) is 1.03. The molecule has 0 unspecified atom stereocenters. The van der Waals surface area contributed by atoms with Crippen molar-refractivity contribution in [3.8, 4) is 17.2 Å². The number of benzene rings is 4. The maximum Gasteiger partial charge on any atom is 0.338 e. The van der Waals surface area contributed by atoms with Gasteiger partial charge in [0.15, 0.2) is 0 Å². The highest BCUT2D eigenvalue weighted by Gasteiger charge is 2.18. The molecule has 0 saturated heterocycles. The number of imidazole rings is 1. The monoisotopic (exact) mass is 486 g/mol. The Morgan fingerprint density at radius 2 is 1.76 bits per heavy atom. The Morgan fingerprint density at radius 1 is 0.973 bits per heavy atom. The molecule has 0 aliphatic rings. The van der Waals surface area contributed by atoms with Crippen molar-refractivity contribution < 1.29 is 9.53 Å². The minimum atomic E-state index is -0.368. The summed E-state index contributed by atoms with van der Waals surface area (Å²) >= 11 is 0. The Bertz CT molecular complexity index is 1620. The Hall–Kier alpha value is -4.89. The van der Waals surface area contributed by atoms with Crippen molar-refractivity contribution >= 4 is 22.4 Å². The van der Waals surface area contributed by atoms with Crippen molar-refractivity contribution in [1.82, 2.24) is 9.55 Å². The smallest absolute Gasteiger partial charge is 0.338 e. The minimum absolute atomic E-state index is 0.368. The van der Waals surface area contributed by atoms with Crippen LogP contribution in [-0.4, -0.2) is 22.6 Å². The van der Waals surface area contributed by atoms with Crippen LogP contribution in [0.5, 0.6) is 0 Å². The zero-order valence-corrected chi connectivity index (χ0v) is 20.8. The van der Waals surface area contributed by atoms with E-state index in [4.69, 9.17) is 4.74 Å². The third kappa shape index (κ3) is 4.80. The van der Waals surface area contributed by atoms with Gasteiger partial charge in [0.1, 0.15) is 0 Å². The van der Waals surface area contributed by atoms with Crippen LogP contribution in [0.15, 0.2) is 97.5 Å². The van der Waals surface area contributed by atoms with E-state index in [2.05, 4.69) is 46.3 Å². The summed E-state index contributed by atoms with van der Waals surface area (Å²) in [4.78, 5) is 18.9. The fourth-order valence-corrected chi connectivity index (χ4v) is 4.65. The number of nitriles is 1. The number of methoxy groups -OCH3 is 1. The Labute approximate surface area is 216 Å². The Balaban J connectivity index is 1.64. The summed E-state index contributed by atoms with van der Waals surface area (Å²) in [5.41, 5.74) is 5.82. The zero-order valence-electron chi connectivity index (χ0n) is 20.8. The van der Waals surface area contributed by atoms with Crippen LogP contribution in [0.2, 0.25) is 0 Å². The number of aryl methyl sites for hydroxylation is 1. The van der Waals surface area contributed by atoms with Crippen molar-refractivity contribution in [2.45, 2.75) is 13.1 Å². The fraction of sp³-hybridized carbons (Fsp3) is 0.129. The van der Waals surface area contributed by atoms with Crippen molar-refractivity contribution in [3.63, 3.8) is 0 Å². The lowest BCUT2D eigenvalue weighted by atomic mass is 9.94. The molecular formula is C31H26N4O2. The standard InChI is InChI=1S/C31H26N4O2/c1-34-21-33-18-26(34)20-35(19-24-9-4-6-12-28(24)31(36)37-2)25-15-14-23(17-32)30(16-25)29-13-7-10-22-8-3-5-11-27(22)29/h3-16,18,21H,19-20H2,1-2H3. The van der Waals surface area contributed by atoms with E-state index in [1.165, 1.54) is 7.11 Å². The predicted molar refractivity (Wildman–Crippen MR) is 145 cm³/mol. The first-order chi connectivity index (χ1) is 18.1. The van der Waals surface area contributed by atoms with Gasteiger partial charge in [0.25, 0.3) is 0 Å². The number of rotatable bonds is 7. The van der Waals surface area contributed by atoms with E-state index in [0.717, 1.165) is 38.8 Å². The van der Waals surface area contributed by atoms with Crippen molar-refractivity contribution in [2.75, 3.05) is 12.0 Å². The van der Waals surface area contributed by atoms with Gasteiger partial charge >= 0.3 is 5.97 Å². The van der Waals surface area contributed by atoms with E-state index in [-0.39, 0.29) is 5.97 Å². The lowest BCUT2D eigenvalue weighted by Gasteiger charge is -2.27. The molecule has 0 aliphatic heterocycles. The molecule has 0 N–H and O–H groups in total. The number of anilines is 1. The molecule has 182 valence electrons. The molecule has 0 bridgehead atoms. The first kappa shape index (κ1) is 23.8. The minimum Gasteiger partial charge on any atom is -0.465 e. The topological polar surface area (TPSA) is 71.2 Å². The van der Waals surface area contributed by atoms with Gasteiger partial charge in [0, 0.05) is 31.0 Å². The molecule has 0 spiro atoms. The predicted octanol–water partition coefficient (Wildman–Crippen LogP) is 6.11. The number of nitrogens with zero attached hydrogens (tertiary/aromatic N) is 4. The Morgan fingerprint density at radius 3 is 2.54 bits per heavy atom. The number of ether oxygens (including phenoxy) is 1. The molecule has 1 heterocycles. The van der Waals surface area contributed by atoms with Gasteiger partial charge in [-0.15, -0.1) is 0 Å². The number of hydrogen-bond donors (Lipinski definition) is 0. The summed E-state index contributed by atoms with van der Waals surface area (Å²) in [7, 11) is 3.35. The molecule has 6 heteroatoms. The van der Waals surface area contributed by atoms with Gasteiger partial charge in [-0.2, -0.15) is 5.26 Å². The number of esters is 1. The van der Waals surface area contributed by atoms with Crippen molar-refractivity contribution in [2.24, 2.45) is 7.05 Å². The average molecular weight is 487 g/mol. The number of carbonyl (C=O) groups excluding carboxylic acids is 1. The average Bonchev–Trinajstić information content (AvgIpc) is 3.35.